The lowest BCUT2D eigenvalue weighted by atomic mass is 9.86. The average molecular weight is 496 g/mol. The molecule has 1 aromatic heterocycles. The van der Waals surface area contributed by atoms with Crippen molar-refractivity contribution < 1.29 is 14.0 Å². The summed E-state index contributed by atoms with van der Waals surface area (Å²) in [7, 11) is 0. The second-order valence-corrected chi connectivity index (χ2v) is 10.5. The summed E-state index contributed by atoms with van der Waals surface area (Å²) in [6.07, 6.45) is 5.61. The number of rotatable bonds is 7. The molecule has 37 heavy (non-hydrogen) atoms. The Labute approximate surface area is 215 Å². The first-order valence-corrected chi connectivity index (χ1v) is 13.1. The maximum absolute atomic E-state index is 14.5. The van der Waals surface area contributed by atoms with Crippen molar-refractivity contribution in [2.75, 3.05) is 10.6 Å². The van der Waals surface area contributed by atoms with Crippen LogP contribution in [0.3, 0.4) is 0 Å². The van der Waals surface area contributed by atoms with E-state index >= 15 is 0 Å². The highest BCUT2D eigenvalue weighted by molar-refractivity contribution is 6.07. The number of anilines is 2. The minimum atomic E-state index is -0.316. The van der Waals surface area contributed by atoms with E-state index in [1.807, 2.05) is 53.1 Å². The highest BCUT2D eigenvalue weighted by atomic mass is 19.1. The van der Waals surface area contributed by atoms with E-state index < -0.39 is 0 Å². The summed E-state index contributed by atoms with van der Waals surface area (Å²) in [4.78, 5) is 26.1. The Balaban J connectivity index is 1.28. The first-order chi connectivity index (χ1) is 18.0. The van der Waals surface area contributed by atoms with Crippen LogP contribution in [-0.2, 0) is 11.3 Å². The summed E-state index contributed by atoms with van der Waals surface area (Å²) in [6.45, 7) is 0.212. The van der Waals surface area contributed by atoms with Gasteiger partial charge in [0.15, 0.2) is 0 Å². The van der Waals surface area contributed by atoms with E-state index in [0.717, 1.165) is 16.8 Å². The van der Waals surface area contributed by atoms with Gasteiger partial charge < -0.3 is 15.2 Å². The fourth-order valence-corrected chi connectivity index (χ4v) is 6.30. The van der Waals surface area contributed by atoms with Crippen LogP contribution in [-0.4, -0.2) is 16.4 Å². The predicted molar refractivity (Wildman–Crippen MR) is 144 cm³/mol. The number of fused-ring (bicyclic) bond motifs is 3. The van der Waals surface area contributed by atoms with Crippen LogP contribution in [0, 0.1) is 23.6 Å². The molecular formula is C31H30FN3O2. The Kier molecular flexibility index (Phi) is 6.25. The van der Waals surface area contributed by atoms with Crippen LogP contribution >= 0.6 is 0 Å². The number of nitrogens with one attached hydrogen (secondary N) is 2. The molecule has 0 aliphatic heterocycles. The van der Waals surface area contributed by atoms with Gasteiger partial charge in [0.2, 0.25) is 5.91 Å². The van der Waals surface area contributed by atoms with Crippen LogP contribution in [0.1, 0.15) is 48.2 Å². The molecule has 2 aliphatic rings. The first-order valence-electron chi connectivity index (χ1n) is 13.1. The molecule has 188 valence electrons. The molecule has 2 N–H and O–H groups in total. The summed E-state index contributed by atoms with van der Waals surface area (Å²) in [5.41, 5.74) is 3.11. The molecule has 2 saturated carbocycles. The van der Waals surface area contributed by atoms with Crippen LogP contribution in [0.2, 0.25) is 0 Å². The number of carbonyl (C=O) groups excluding carboxylic acids is 2. The van der Waals surface area contributed by atoms with Crippen LogP contribution in [0.25, 0.3) is 10.9 Å². The van der Waals surface area contributed by atoms with E-state index in [1.54, 1.807) is 24.3 Å². The third-order valence-corrected chi connectivity index (χ3v) is 8.07. The van der Waals surface area contributed by atoms with E-state index in [-0.39, 0.29) is 24.2 Å². The van der Waals surface area contributed by atoms with Gasteiger partial charge in [0, 0.05) is 34.3 Å². The monoisotopic (exact) mass is 495 g/mol. The Bertz CT molecular complexity index is 1460. The van der Waals surface area contributed by atoms with Crippen molar-refractivity contribution in [3.8, 4) is 0 Å². The van der Waals surface area contributed by atoms with E-state index in [1.165, 1.54) is 31.7 Å². The molecule has 0 spiro atoms. The number of hydrogen-bond acceptors (Lipinski definition) is 2. The Hall–Kier alpha value is -3.93. The van der Waals surface area contributed by atoms with Gasteiger partial charge in [0.05, 0.1) is 6.54 Å². The minimum Gasteiger partial charge on any atom is -0.332 e. The van der Waals surface area contributed by atoms with Crippen molar-refractivity contribution in [3.63, 3.8) is 0 Å². The van der Waals surface area contributed by atoms with Gasteiger partial charge in [0.1, 0.15) is 11.5 Å². The van der Waals surface area contributed by atoms with Crippen LogP contribution in [0.5, 0.6) is 0 Å². The molecule has 3 unspecified atom stereocenters. The van der Waals surface area contributed by atoms with Gasteiger partial charge in [-0.1, -0.05) is 42.8 Å². The number of amides is 2. The lowest BCUT2D eigenvalue weighted by Crippen LogP contribution is -2.20. The number of halogens is 1. The molecule has 2 fully saturated rings. The Morgan fingerprint density at radius 3 is 2.43 bits per heavy atom. The third kappa shape index (κ3) is 4.88. The zero-order chi connectivity index (χ0) is 25.4. The molecule has 2 aliphatic carbocycles. The fourth-order valence-electron chi connectivity index (χ4n) is 6.30. The maximum Gasteiger partial charge on any atom is 0.272 e. The van der Waals surface area contributed by atoms with Crippen LogP contribution in [0.15, 0.2) is 78.9 Å². The van der Waals surface area contributed by atoms with Crippen molar-refractivity contribution in [3.05, 3.63) is 95.9 Å². The molecule has 2 amide bonds. The second kappa shape index (κ2) is 9.85. The van der Waals surface area contributed by atoms with Gasteiger partial charge >= 0.3 is 0 Å². The zero-order valence-corrected chi connectivity index (χ0v) is 20.6. The topological polar surface area (TPSA) is 63.1 Å². The van der Waals surface area contributed by atoms with Crippen molar-refractivity contribution >= 4 is 34.1 Å². The van der Waals surface area contributed by atoms with Crippen molar-refractivity contribution in [2.24, 2.45) is 17.8 Å². The Morgan fingerprint density at radius 2 is 1.68 bits per heavy atom. The predicted octanol–water partition coefficient (Wildman–Crippen LogP) is 6.85. The Morgan fingerprint density at radius 1 is 0.865 bits per heavy atom. The zero-order valence-electron chi connectivity index (χ0n) is 20.6. The lowest BCUT2D eigenvalue weighted by Gasteiger charge is -2.20. The quantitative estimate of drug-likeness (QED) is 0.295. The van der Waals surface area contributed by atoms with E-state index in [0.29, 0.717) is 40.9 Å². The summed E-state index contributed by atoms with van der Waals surface area (Å²) < 4.78 is 16.4. The highest BCUT2D eigenvalue weighted by Crippen LogP contribution is 2.49. The van der Waals surface area contributed by atoms with Crippen LogP contribution < -0.4 is 10.6 Å². The molecule has 6 rings (SSSR count). The molecular weight excluding hydrogens is 465 g/mol. The number of aromatic nitrogens is 1. The largest absolute Gasteiger partial charge is 0.332 e. The fraction of sp³-hybridized carbons (Fsp3) is 0.290. The minimum absolute atomic E-state index is 0.0460. The molecule has 0 radical (unpaired) electrons. The first kappa shape index (κ1) is 23.5. The number of para-hydroxylation sites is 1. The molecule has 6 heteroatoms. The molecule has 3 atom stereocenters. The summed E-state index contributed by atoms with van der Waals surface area (Å²) in [5, 5.41) is 6.82. The van der Waals surface area contributed by atoms with E-state index in [4.69, 9.17) is 0 Å². The van der Waals surface area contributed by atoms with Gasteiger partial charge in [-0.25, -0.2) is 4.39 Å². The number of benzene rings is 3. The molecule has 4 aromatic rings. The summed E-state index contributed by atoms with van der Waals surface area (Å²) in [6, 6.07) is 23.3. The highest BCUT2D eigenvalue weighted by Gasteiger charge is 2.40. The molecule has 1 heterocycles. The molecule has 5 nitrogen and oxygen atoms in total. The number of hydrogen-bond donors (Lipinski definition) is 2. The lowest BCUT2D eigenvalue weighted by molar-refractivity contribution is -0.117. The third-order valence-electron chi connectivity index (χ3n) is 8.07. The smallest absolute Gasteiger partial charge is 0.272 e. The summed E-state index contributed by atoms with van der Waals surface area (Å²) in [5.74, 6) is 1.47. The van der Waals surface area contributed by atoms with Gasteiger partial charge in [-0.05, 0) is 79.5 Å². The van der Waals surface area contributed by atoms with Crippen LogP contribution in [0.4, 0.5) is 15.8 Å². The van der Waals surface area contributed by atoms with Gasteiger partial charge in [-0.3, -0.25) is 9.59 Å². The summed E-state index contributed by atoms with van der Waals surface area (Å²) >= 11 is 0. The number of carbonyl (C=O) groups is 2. The van der Waals surface area contributed by atoms with Crippen molar-refractivity contribution in [1.29, 1.82) is 0 Å². The second-order valence-electron chi connectivity index (χ2n) is 10.5. The number of nitrogens with zero attached hydrogens (tertiary/aromatic N) is 1. The molecule has 2 bridgehead atoms. The molecule has 0 saturated heterocycles. The molecule has 3 aromatic carbocycles. The van der Waals surface area contributed by atoms with Gasteiger partial charge in [-0.2, -0.15) is 0 Å². The average Bonchev–Trinajstić information content (AvgIpc) is 3.60. The van der Waals surface area contributed by atoms with Crippen molar-refractivity contribution in [1.82, 2.24) is 4.57 Å². The SMILES string of the molecule is O=C(CC1CC2CCC1C2)Nc1ccc2c(c1)cc(C(=O)Nc1ccccc1)n2Cc1ccccc1F. The normalized spacial score (nSPS) is 20.3. The standard InChI is InChI=1S/C31H30FN3O2/c32-27-9-5-4-6-22(27)19-35-28-13-12-26(33-30(36)18-23-15-20-10-11-21(23)14-20)16-24(28)17-29(35)31(37)34-25-7-2-1-3-8-25/h1-9,12-13,16-17,20-21,23H,10-11,14-15,18-19H2,(H,33,36)(H,34,37). The van der Waals surface area contributed by atoms with Gasteiger partial charge in [0.25, 0.3) is 5.91 Å². The van der Waals surface area contributed by atoms with E-state index in [2.05, 4.69) is 10.6 Å². The van der Waals surface area contributed by atoms with Crippen molar-refractivity contribution in [2.45, 2.75) is 38.6 Å². The van der Waals surface area contributed by atoms with E-state index in [9.17, 15) is 14.0 Å². The maximum atomic E-state index is 14.5. The van der Waals surface area contributed by atoms with Gasteiger partial charge in [-0.15, -0.1) is 0 Å².